The van der Waals surface area contributed by atoms with Crippen LogP contribution in [0.3, 0.4) is 0 Å². The third-order valence-corrected chi connectivity index (χ3v) is 4.04. The van der Waals surface area contributed by atoms with E-state index in [0.29, 0.717) is 27.9 Å². The second-order valence-electron chi connectivity index (χ2n) is 6.20. The largest absolute Gasteiger partial charge is 0.573 e. The number of nitriles is 1. The molecular weight excluding hydrogens is 426 g/mol. The van der Waals surface area contributed by atoms with Crippen molar-refractivity contribution in [3.05, 3.63) is 66.5 Å². The van der Waals surface area contributed by atoms with Crippen LogP contribution in [0.5, 0.6) is 11.5 Å². The lowest BCUT2D eigenvalue weighted by molar-refractivity contribution is -0.275. The lowest BCUT2D eigenvalue weighted by Crippen LogP contribution is -2.16. The van der Waals surface area contributed by atoms with Gasteiger partial charge in [-0.2, -0.15) is 5.26 Å². The molecule has 160 valence electrons. The molecule has 0 aliphatic carbocycles. The fraction of sp³-hybridized carbons (Fsp3) is 0.143. The first-order valence-electron chi connectivity index (χ1n) is 8.62. The molecule has 0 N–H and O–H groups in total. The van der Waals surface area contributed by atoms with E-state index in [2.05, 4.69) is 14.5 Å². The maximum Gasteiger partial charge on any atom is 0.573 e. The number of aromatic nitrogens is 1. The molecule has 0 spiro atoms. The van der Waals surface area contributed by atoms with Gasteiger partial charge in [0.25, 0.3) is 0 Å². The average molecular weight is 438 g/mol. The molecule has 0 unspecified atom stereocenters. The molecule has 0 aliphatic heterocycles. The molecular formula is C21H12F6N2O2. The van der Waals surface area contributed by atoms with E-state index in [1.807, 2.05) is 6.07 Å². The van der Waals surface area contributed by atoms with Gasteiger partial charge in [-0.05, 0) is 41.5 Å². The SMILES string of the molecule is N#CCc1ncc(-c2ccc(OC(F)(F)F)cc2)cc1-c1ccc(OC(F)(F)F)cc1. The van der Waals surface area contributed by atoms with Crippen molar-refractivity contribution < 1.29 is 35.8 Å². The van der Waals surface area contributed by atoms with Gasteiger partial charge < -0.3 is 9.47 Å². The van der Waals surface area contributed by atoms with E-state index in [-0.39, 0.29) is 12.2 Å². The van der Waals surface area contributed by atoms with E-state index in [1.165, 1.54) is 30.5 Å². The minimum atomic E-state index is -4.82. The Morgan fingerprint density at radius 3 is 1.68 bits per heavy atom. The highest BCUT2D eigenvalue weighted by molar-refractivity contribution is 5.74. The second-order valence-corrected chi connectivity index (χ2v) is 6.20. The molecule has 3 rings (SSSR count). The highest BCUT2D eigenvalue weighted by atomic mass is 19.4. The highest BCUT2D eigenvalue weighted by Gasteiger charge is 2.31. The summed E-state index contributed by atoms with van der Waals surface area (Å²) in [5, 5.41) is 9.03. The van der Waals surface area contributed by atoms with E-state index in [4.69, 9.17) is 5.26 Å². The summed E-state index contributed by atoms with van der Waals surface area (Å²) >= 11 is 0. The van der Waals surface area contributed by atoms with E-state index >= 15 is 0 Å². The Bertz CT molecular complexity index is 1090. The van der Waals surface area contributed by atoms with Crippen molar-refractivity contribution in [1.82, 2.24) is 4.98 Å². The number of rotatable bonds is 5. The molecule has 0 aliphatic rings. The normalized spacial score (nSPS) is 11.6. The van der Waals surface area contributed by atoms with Crippen molar-refractivity contribution in [2.45, 2.75) is 19.1 Å². The minimum absolute atomic E-state index is 0.0468. The summed E-state index contributed by atoms with van der Waals surface area (Å²) in [4.78, 5) is 4.24. The lowest BCUT2D eigenvalue weighted by Gasteiger charge is -2.12. The maximum absolute atomic E-state index is 12.3. The topological polar surface area (TPSA) is 55.1 Å². The molecule has 1 heterocycles. The quantitative estimate of drug-likeness (QED) is 0.440. The van der Waals surface area contributed by atoms with Gasteiger partial charge in [-0.15, -0.1) is 26.3 Å². The van der Waals surface area contributed by atoms with Crippen molar-refractivity contribution >= 4 is 0 Å². The summed E-state index contributed by atoms with van der Waals surface area (Å²) in [5.41, 5.74) is 2.45. The van der Waals surface area contributed by atoms with Crippen LogP contribution >= 0.6 is 0 Å². The monoisotopic (exact) mass is 438 g/mol. The average Bonchev–Trinajstić information content (AvgIpc) is 2.67. The molecule has 2 aromatic carbocycles. The molecule has 0 radical (unpaired) electrons. The maximum atomic E-state index is 12.3. The zero-order chi connectivity index (χ0) is 22.6. The van der Waals surface area contributed by atoms with Gasteiger partial charge in [0.2, 0.25) is 0 Å². The Hall–Kier alpha value is -3.74. The first kappa shape index (κ1) is 22.0. The van der Waals surface area contributed by atoms with E-state index in [9.17, 15) is 26.3 Å². The molecule has 0 atom stereocenters. The second kappa shape index (κ2) is 8.55. The van der Waals surface area contributed by atoms with Crippen LogP contribution < -0.4 is 9.47 Å². The molecule has 1 aromatic heterocycles. The number of hydrogen-bond acceptors (Lipinski definition) is 4. The van der Waals surface area contributed by atoms with Crippen LogP contribution in [0, 0.1) is 11.3 Å². The summed E-state index contributed by atoms with van der Waals surface area (Å²) in [6.07, 6.45) is -8.22. The van der Waals surface area contributed by atoms with Gasteiger partial charge in [-0.3, -0.25) is 4.98 Å². The summed E-state index contributed by atoms with van der Waals surface area (Å²) in [7, 11) is 0. The number of halogens is 6. The highest BCUT2D eigenvalue weighted by Crippen LogP contribution is 2.32. The molecule has 4 nitrogen and oxygen atoms in total. The minimum Gasteiger partial charge on any atom is -0.406 e. The fourth-order valence-corrected chi connectivity index (χ4v) is 2.80. The van der Waals surface area contributed by atoms with Crippen LogP contribution in [0.4, 0.5) is 26.3 Å². The van der Waals surface area contributed by atoms with Crippen LogP contribution in [0.15, 0.2) is 60.8 Å². The van der Waals surface area contributed by atoms with Gasteiger partial charge in [0.05, 0.1) is 18.2 Å². The Morgan fingerprint density at radius 2 is 1.23 bits per heavy atom. The van der Waals surface area contributed by atoms with Crippen molar-refractivity contribution in [3.63, 3.8) is 0 Å². The number of ether oxygens (including phenoxy) is 2. The van der Waals surface area contributed by atoms with Crippen molar-refractivity contribution in [2.75, 3.05) is 0 Å². The van der Waals surface area contributed by atoms with Crippen LogP contribution in [0.2, 0.25) is 0 Å². The third kappa shape index (κ3) is 6.12. The van der Waals surface area contributed by atoms with Crippen molar-refractivity contribution in [3.8, 4) is 39.8 Å². The van der Waals surface area contributed by atoms with Gasteiger partial charge in [0.15, 0.2) is 0 Å². The fourth-order valence-electron chi connectivity index (χ4n) is 2.80. The lowest BCUT2D eigenvalue weighted by atomic mass is 9.98. The zero-order valence-corrected chi connectivity index (χ0v) is 15.5. The van der Waals surface area contributed by atoms with Crippen molar-refractivity contribution in [1.29, 1.82) is 5.26 Å². The van der Waals surface area contributed by atoms with Crippen LogP contribution in [0.1, 0.15) is 5.69 Å². The summed E-state index contributed by atoms with van der Waals surface area (Å²) in [6.45, 7) is 0. The van der Waals surface area contributed by atoms with Crippen LogP contribution in [-0.4, -0.2) is 17.7 Å². The van der Waals surface area contributed by atoms with E-state index < -0.39 is 18.5 Å². The van der Waals surface area contributed by atoms with Gasteiger partial charge in [-0.1, -0.05) is 24.3 Å². The molecule has 0 bridgehead atoms. The van der Waals surface area contributed by atoms with Gasteiger partial charge in [0.1, 0.15) is 11.5 Å². The first-order valence-corrected chi connectivity index (χ1v) is 8.62. The molecule has 0 saturated heterocycles. The smallest absolute Gasteiger partial charge is 0.406 e. The number of benzene rings is 2. The van der Waals surface area contributed by atoms with Crippen LogP contribution in [-0.2, 0) is 6.42 Å². The number of nitrogens with zero attached hydrogens (tertiary/aromatic N) is 2. The number of alkyl halides is 6. The van der Waals surface area contributed by atoms with Crippen LogP contribution in [0.25, 0.3) is 22.3 Å². The predicted molar refractivity (Wildman–Crippen MR) is 97.8 cm³/mol. The Balaban J connectivity index is 1.94. The third-order valence-electron chi connectivity index (χ3n) is 4.04. The Kier molecular flexibility index (Phi) is 6.06. The van der Waals surface area contributed by atoms with E-state index in [0.717, 1.165) is 24.3 Å². The van der Waals surface area contributed by atoms with Crippen molar-refractivity contribution in [2.24, 2.45) is 0 Å². The molecule has 3 aromatic rings. The van der Waals surface area contributed by atoms with Gasteiger partial charge in [0, 0.05) is 17.3 Å². The standard InChI is InChI=1S/C21H12F6N2O2/c22-20(23,24)30-16-5-1-13(2-6-16)15-11-18(19(9-10-28)29-12-15)14-3-7-17(8-4-14)31-21(25,26)27/h1-8,11-12H,9H2. The first-order chi connectivity index (χ1) is 14.5. The molecule has 10 heteroatoms. The number of hydrogen-bond donors (Lipinski definition) is 0. The molecule has 0 amide bonds. The van der Waals surface area contributed by atoms with Gasteiger partial charge >= 0.3 is 12.7 Å². The molecule has 0 fully saturated rings. The van der Waals surface area contributed by atoms with E-state index in [1.54, 1.807) is 6.07 Å². The van der Waals surface area contributed by atoms with Gasteiger partial charge in [-0.25, -0.2) is 0 Å². The predicted octanol–water partition coefficient (Wildman–Crippen LogP) is 6.28. The number of pyridine rings is 1. The Morgan fingerprint density at radius 1 is 0.742 bits per heavy atom. The molecule has 31 heavy (non-hydrogen) atoms. The summed E-state index contributed by atoms with van der Waals surface area (Å²) in [5.74, 6) is -0.784. The summed E-state index contributed by atoms with van der Waals surface area (Å²) in [6, 6.07) is 13.8. The molecule has 0 saturated carbocycles. The zero-order valence-electron chi connectivity index (χ0n) is 15.5. The Labute approximate surface area is 172 Å². The summed E-state index contributed by atoms with van der Waals surface area (Å²) < 4.78 is 81.7.